The SMILES string of the molecule is c1ccc2cc(N3c4cc5ccc(-c6ccc7c(c6)sc6cc8c9c(c67)N(c6ccc7ccccc7c6)c6ccc7ccccc7c6B9n6c7ccccc7c7cccc-8c76)cc5cc4B4c5c(cc6sc7ccccc7c6c53)-c3cccc5c6ccccc6n4c35)ccc2c1. The first-order valence-electron chi connectivity index (χ1n) is 33.3. The Labute approximate surface area is 558 Å². The molecule has 16 aromatic carbocycles. The molecular formula is C88H48B2N4S2. The summed E-state index contributed by atoms with van der Waals surface area (Å²) in [6, 6.07) is 112. The minimum atomic E-state index is -0.106. The third kappa shape index (κ3) is 6.42. The normalized spacial score (nSPS) is 13.5. The van der Waals surface area contributed by atoms with Gasteiger partial charge in [-0.1, -0.05) is 212 Å². The Morgan fingerprint density at radius 1 is 0.260 bits per heavy atom. The number of para-hydroxylation sites is 4. The van der Waals surface area contributed by atoms with Crippen LogP contribution < -0.4 is 31.7 Å². The molecule has 0 aliphatic carbocycles. The largest absolute Gasteiger partial charge is 0.375 e. The molecule has 8 heteroatoms. The van der Waals surface area contributed by atoms with E-state index < -0.39 is 0 Å². The second kappa shape index (κ2) is 18.2. The molecule has 8 heterocycles. The lowest BCUT2D eigenvalue weighted by atomic mass is 9.44. The van der Waals surface area contributed by atoms with Crippen LogP contribution in [0.1, 0.15) is 0 Å². The summed E-state index contributed by atoms with van der Waals surface area (Å²) in [5.74, 6) is 0. The van der Waals surface area contributed by atoms with Crippen molar-refractivity contribution in [2.75, 3.05) is 9.80 Å². The Morgan fingerprint density at radius 3 is 1.43 bits per heavy atom. The smallest absolute Gasteiger partial charge is 0.333 e. The standard InChI is InChI=1S/C88H48B2N4S2/c1-3-18-52-42-58(37-33-49(52)15-1)91-74-40-36-51-17-5-6-20-60(51)82(74)90-84-70(66-27-14-25-64-62-22-8-11-29-73(62)94(90)86(64)66)48-79-81(88(84)91)68-39-35-56(46-77(68)96-79)54-31-32-55-45-75-71(44-57(55)41-54)89-83-69(65-26-13-24-63-61-21-7-10-28-72(61)93(89)85(63)65)47-78-80(67-23-9-12-30-76(67)95-78)87(83)92(75)59-38-34-50-16-2-4-19-53(50)43-59/h1-48H. The molecule has 96 heavy (non-hydrogen) atoms. The molecule has 0 spiro atoms. The highest BCUT2D eigenvalue weighted by Gasteiger charge is 2.47. The predicted octanol–water partition coefficient (Wildman–Crippen LogP) is 21.8. The molecule has 0 atom stereocenters. The Hall–Kier alpha value is -11.7. The topological polar surface area (TPSA) is 16.3 Å². The Balaban J connectivity index is 0.750. The number of hydrogen-bond acceptors (Lipinski definition) is 4. The van der Waals surface area contributed by atoms with Crippen LogP contribution in [0.25, 0.3) is 160 Å². The summed E-state index contributed by atoms with van der Waals surface area (Å²) in [6.07, 6.45) is 0. The van der Waals surface area contributed by atoms with Crippen molar-refractivity contribution in [3.05, 3.63) is 291 Å². The van der Waals surface area contributed by atoms with Gasteiger partial charge < -0.3 is 18.8 Å². The molecule has 4 aromatic heterocycles. The van der Waals surface area contributed by atoms with Crippen molar-refractivity contribution >= 4 is 219 Å². The number of anilines is 6. The second-order valence-corrected chi connectivity index (χ2v) is 29.1. The van der Waals surface area contributed by atoms with E-state index in [0.29, 0.717) is 0 Å². The number of thiophene rings is 2. The zero-order valence-corrected chi connectivity index (χ0v) is 53.1. The summed E-state index contributed by atoms with van der Waals surface area (Å²) < 4.78 is 10.6. The molecule has 4 aliphatic rings. The van der Waals surface area contributed by atoms with Gasteiger partial charge in [-0.2, -0.15) is 0 Å². The third-order valence-corrected chi connectivity index (χ3v) is 24.5. The number of aromatic nitrogens is 2. The summed E-state index contributed by atoms with van der Waals surface area (Å²) in [7, 11) is 0. The van der Waals surface area contributed by atoms with Gasteiger partial charge in [-0.05, 0) is 166 Å². The first kappa shape index (κ1) is 50.8. The fraction of sp³-hybridized carbons (Fsp3) is 0. The Morgan fingerprint density at radius 2 is 0.750 bits per heavy atom. The fourth-order valence-corrected chi connectivity index (χ4v) is 20.8. The summed E-state index contributed by atoms with van der Waals surface area (Å²) in [5, 5.41) is 20.3. The summed E-state index contributed by atoms with van der Waals surface area (Å²) in [6.45, 7) is -0.195. The maximum atomic E-state index is 2.71. The lowest BCUT2D eigenvalue weighted by Gasteiger charge is -2.41. The van der Waals surface area contributed by atoms with E-state index in [-0.39, 0.29) is 13.7 Å². The summed E-state index contributed by atoms with van der Waals surface area (Å²) in [4.78, 5) is 5.29. The van der Waals surface area contributed by atoms with Crippen molar-refractivity contribution in [1.29, 1.82) is 0 Å². The van der Waals surface area contributed by atoms with Crippen LogP contribution in [0.2, 0.25) is 0 Å². The van der Waals surface area contributed by atoms with Crippen LogP contribution in [-0.4, -0.2) is 22.7 Å². The van der Waals surface area contributed by atoms with Crippen LogP contribution >= 0.6 is 22.7 Å². The van der Waals surface area contributed by atoms with Crippen molar-refractivity contribution in [3.8, 4) is 33.4 Å². The van der Waals surface area contributed by atoms with E-state index in [1.807, 2.05) is 22.7 Å². The predicted molar refractivity (Wildman–Crippen MR) is 415 cm³/mol. The Bertz CT molecular complexity index is 7030. The average Bonchev–Trinajstić information content (AvgIpc) is 1.35. The number of rotatable bonds is 3. The molecule has 0 radical (unpaired) electrons. The van der Waals surface area contributed by atoms with Crippen LogP contribution in [-0.2, 0) is 0 Å². The van der Waals surface area contributed by atoms with Crippen LogP contribution in [0.15, 0.2) is 291 Å². The lowest BCUT2D eigenvalue weighted by molar-refractivity contribution is 1.27. The third-order valence-electron chi connectivity index (χ3n) is 22.3. The highest BCUT2D eigenvalue weighted by atomic mass is 32.1. The van der Waals surface area contributed by atoms with Crippen LogP contribution in [0, 0.1) is 0 Å². The van der Waals surface area contributed by atoms with E-state index in [2.05, 4.69) is 310 Å². The molecule has 0 unspecified atom stereocenters. The number of nitrogens with zero attached hydrogens (tertiary/aromatic N) is 4. The zero-order chi connectivity index (χ0) is 61.9. The minimum Gasteiger partial charge on any atom is -0.375 e. The molecule has 0 saturated heterocycles. The molecule has 0 fully saturated rings. The van der Waals surface area contributed by atoms with Crippen molar-refractivity contribution in [2.45, 2.75) is 0 Å². The van der Waals surface area contributed by atoms with E-state index in [1.165, 1.54) is 205 Å². The Kier molecular flexibility index (Phi) is 9.62. The van der Waals surface area contributed by atoms with Gasteiger partial charge in [0.25, 0.3) is 0 Å². The van der Waals surface area contributed by atoms with E-state index in [0.717, 1.165) is 11.4 Å². The van der Waals surface area contributed by atoms with Crippen LogP contribution in [0.4, 0.5) is 34.1 Å². The zero-order valence-electron chi connectivity index (χ0n) is 51.5. The van der Waals surface area contributed by atoms with Crippen LogP contribution in [0.3, 0.4) is 0 Å². The maximum Gasteiger partial charge on any atom is 0.333 e. The van der Waals surface area contributed by atoms with Gasteiger partial charge in [-0.25, -0.2) is 0 Å². The van der Waals surface area contributed by atoms with E-state index >= 15 is 0 Å². The highest BCUT2D eigenvalue weighted by Crippen LogP contribution is 2.55. The second-order valence-electron chi connectivity index (χ2n) is 26.9. The van der Waals surface area contributed by atoms with E-state index in [1.54, 1.807) is 0 Å². The van der Waals surface area contributed by atoms with Crippen molar-refractivity contribution in [1.82, 2.24) is 8.96 Å². The quantitative estimate of drug-likeness (QED) is 0.164. The van der Waals surface area contributed by atoms with Gasteiger partial charge in [-0.15, -0.1) is 22.7 Å². The molecule has 24 rings (SSSR count). The monoisotopic (exact) mass is 1250 g/mol. The molecule has 0 N–H and O–H groups in total. The van der Waals surface area contributed by atoms with Gasteiger partial charge in [0.05, 0.1) is 11.4 Å². The van der Waals surface area contributed by atoms with Crippen molar-refractivity contribution in [3.63, 3.8) is 0 Å². The van der Waals surface area contributed by atoms with E-state index in [9.17, 15) is 0 Å². The molecule has 0 bridgehead atoms. The molecule has 0 amide bonds. The van der Waals surface area contributed by atoms with Crippen molar-refractivity contribution < 1.29 is 0 Å². The molecular weight excluding hydrogens is 1200 g/mol. The fourth-order valence-electron chi connectivity index (χ4n) is 18.4. The number of benzene rings is 16. The highest BCUT2D eigenvalue weighted by molar-refractivity contribution is 7.26. The first-order valence-corrected chi connectivity index (χ1v) is 35.0. The number of fused-ring (bicyclic) bond motifs is 27. The molecule has 4 aliphatic heterocycles. The van der Waals surface area contributed by atoms with Gasteiger partial charge in [0.15, 0.2) is 0 Å². The minimum absolute atomic E-state index is 0.0889. The van der Waals surface area contributed by atoms with Gasteiger partial charge in [0.1, 0.15) is 0 Å². The number of hydrogen-bond donors (Lipinski definition) is 0. The summed E-state index contributed by atoms with van der Waals surface area (Å²) >= 11 is 3.86. The lowest BCUT2D eigenvalue weighted by Crippen LogP contribution is -2.57. The first-order chi connectivity index (χ1) is 47.6. The van der Waals surface area contributed by atoms with Gasteiger partial charge in [0.2, 0.25) is 0 Å². The van der Waals surface area contributed by atoms with Gasteiger partial charge in [0, 0.05) is 118 Å². The van der Waals surface area contributed by atoms with Gasteiger partial charge >= 0.3 is 13.7 Å². The molecule has 0 saturated carbocycles. The maximum absolute atomic E-state index is 2.71. The average molecular weight is 1250 g/mol. The summed E-state index contributed by atoms with van der Waals surface area (Å²) in [5.41, 5.74) is 25.5. The molecule has 4 nitrogen and oxygen atoms in total. The van der Waals surface area contributed by atoms with E-state index in [4.69, 9.17) is 0 Å². The molecule has 20 aromatic rings. The van der Waals surface area contributed by atoms with Crippen LogP contribution in [0.5, 0.6) is 0 Å². The van der Waals surface area contributed by atoms with Gasteiger partial charge in [-0.3, -0.25) is 0 Å². The molecule has 438 valence electrons. The van der Waals surface area contributed by atoms with Crippen molar-refractivity contribution in [2.24, 2.45) is 0 Å².